The van der Waals surface area contributed by atoms with Gasteiger partial charge < -0.3 is 5.11 Å². The van der Waals surface area contributed by atoms with Crippen molar-refractivity contribution < 1.29 is 9.90 Å². The molecule has 13 heavy (non-hydrogen) atoms. The Morgan fingerprint density at radius 1 is 1.31 bits per heavy atom. The van der Waals surface area contributed by atoms with Crippen LogP contribution in [0.2, 0.25) is 0 Å². The molecule has 0 saturated heterocycles. The molecule has 2 nitrogen and oxygen atoms in total. The Balaban J connectivity index is 2.04. The molecule has 3 rings (SSSR count). The average Bonchev–Trinajstić information content (AvgIpc) is 2.76. The number of rotatable bonds is 1. The molecule has 0 aromatic carbocycles. The van der Waals surface area contributed by atoms with Crippen LogP contribution >= 0.6 is 0 Å². The van der Waals surface area contributed by atoms with E-state index < -0.39 is 5.97 Å². The molecule has 1 N–H and O–H groups in total. The molecule has 0 radical (unpaired) electrons. The Morgan fingerprint density at radius 3 is 2.85 bits per heavy atom. The van der Waals surface area contributed by atoms with E-state index in [2.05, 4.69) is 0 Å². The van der Waals surface area contributed by atoms with E-state index in [1.807, 2.05) is 0 Å². The number of aliphatic carboxylic acids is 1. The lowest BCUT2D eigenvalue weighted by molar-refractivity contribution is -0.154. The van der Waals surface area contributed by atoms with Crippen LogP contribution in [0.25, 0.3) is 0 Å². The zero-order chi connectivity index (χ0) is 9.05. The largest absolute Gasteiger partial charge is 0.481 e. The predicted molar refractivity (Wildman–Crippen MR) is 48.2 cm³/mol. The van der Waals surface area contributed by atoms with Crippen molar-refractivity contribution in [3.63, 3.8) is 0 Å². The van der Waals surface area contributed by atoms with Gasteiger partial charge in [0.1, 0.15) is 0 Å². The number of fused-ring (bicyclic) bond motifs is 5. The summed E-state index contributed by atoms with van der Waals surface area (Å²) in [7, 11) is 0. The van der Waals surface area contributed by atoms with E-state index in [9.17, 15) is 9.90 Å². The number of carboxylic acids is 1. The summed E-state index contributed by atoms with van der Waals surface area (Å²) in [5.74, 6) is 1.36. The molecule has 0 heterocycles. The zero-order valence-electron chi connectivity index (χ0n) is 7.83. The summed E-state index contributed by atoms with van der Waals surface area (Å²) in [6.07, 6.45) is 7.03. The fraction of sp³-hybridized carbons (Fsp3) is 0.909. The Morgan fingerprint density at radius 2 is 2.15 bits per heavy atom. The quantitative estimate of drug-likeness (QED) is 0.672. The van der Waals surface area contributed by atoms with Gasteiger partial charge >= 0.3 is 5.97 Å². The Kier molecular flexibility index (Phi) is 1.38. The van der Waals surface area contributed by atoms with E-state index in [-0.39, 0.29) is 5.41 Å². The van der Waals surface area contributed by atoms with E-state index in [0.29, 0.717) is 11.8 Å². The molecule has 3 aliphatic rings. The highest BCUT2D eigenvalue weighted by Crippen LogP contribution is 2.66. The maximum atomic E-state index is 11.4. The molecule has 2 bridgehead atoms. The number of carbonyl (C=O) groups is 1. The highest BCUT2D eigenvalue weighted by molar-refractivity contribution is 5.77. The molecule has 4 atom stereocenters. The second-order valence-corrected chi connectivity index (χ2v) is 5.11. The molecule has 0 aliphatic heterocycles. The highest BCUT2D eigenvalue weighted by Gasteiger charge is 2.63. The first kappa shape index (κ1) is 7.84. The SMILES string of the molecule is O=C(O)[C@]12CCC[C@H]1[C@H]1CC[C@H]2C1. The van der Waals surface area contributed by atoms with Crippen molar-refractivity contribution in [2.45, 2.75) is 38.5 Å². The molecule has 0 amide bonds. The van der Waals surface area contributed by atoms with Gasteiger partial charge in [0.25, 0.3) is 0 Å². The smallest absolute Gasteiger partial charge is 0.310 e. The number of hydrogen-bond acceptors (Lipinski definition) is 1. The van der Waals surface area contributed by atoms with Crippen LogP contribution in [0.5, 0.6) is 0 Å². The molecule has 0 aromatic rings. The second-order valence-electron chi connectivity index (χ2n) is 5.11. The third-order valence-corrected chi connectivity index (χ3v) is 4.94. The monoisotopic (exact) mass is 180 g/mol. The summed E-state index contributed by atoms with van der Waals surface area (Å²) in [4.78, 5) is 11.4. The Labute approximate surface area is 78.3 Å². The molecule has 0 aromatic heterocycles. The maximum Gasteiger partial charge on any atom is 0.310 e. The van der Waals surface area contributed by atoms with Crippen LogP contribution in [0.15, 0.2) is 0 Å². The molecule has 3 aliphatic carbocycles. The van der Waals surface area contributed by atoms with Crippen molar-refractivity contribution in [1.29, 1.82) is 0 Å². The van der Waals surface area contributed by atoms with Gasteiger partial charge in [-0.15, -0.1) is 0 Å². The summed E-state index contributed by atoms with van der Waals surface area (Å²) >= 11 is 0. The third-order valence-electron chi connectivity index (χ3n) is 4.94. The van der Waals surface area contributed by atoms with Crippen LogP contribution in [-0.4, -0.2) is 11.1 Å². The summed E-state index contributed by atoms with van der Waals surface area (Å²) in [5, 5.41) is 9.40. The van der Waals surface area contributed by atoms with Gasteiger partial charge in [-0.2, -0.15) is 0 Å². The van der Waals surface area contributed by atoms with Crippen molar-refractivity contribution in [2.24, 2.45) is 23.2 Å². The van der Waals surface area contributed by atoms with Crippen LogP contribution in [0, 0.1) is 23.2 Å². The molecule has 0 unspecified atom stereocenters. The second kappa shape index (κ2) is 2.28. The average molecular weight is 180 g/mol. The van der Waals surface area contributed by atoms with E-state index in [0.717, 1.165) is 18.8 Å². The Bertz CT molecular complexity index is 261. The van der Waals surface area contributed by atoms with Crippen molar-refractivity contribution in [1.82, 2.24) is 0 Å². The van der Waals surface area contributed by atoms with Gasteiger partial charge in [0.05, 0.1) is 5.41 Å². The number of carboxylic acid groups (broad SMARTS) is 1. The van der Waals surface area contributed by atoms with Crippen LogP contribution in [0.3, 0.4) is 0 Å². The lowest BCUT2D eigenvalue weighted by Crippen LogP contribution is -2.39. The van der Waals surface area contributed by atoms with Gasteiger partial charge in [0, 0.05) is 0 Å². The van der Waals surface area contributed by atoms with Crippen LogP contribution in [-0.2, 0) is 4.79 Å². The van der Waals surface area contributed by atoms with Gasteiger partial charge in [-0.1, -0.05) is 6.42 Å². The van der Waals surface area contributed by atoms with E-state index in [4.69, 9.17) is 0 Å². The van der Waals surface area contributed by atoms with Crippen LogP contribution in [0.4, 0.5) is 0 Å². The first-order valence-corrected chi connectivity index (χ1v) is 5.48. The van der Waals surface area contributed by atoms with Gasteiger partial charge in [0.2, 0.25) is 0 Å². The first-order chi connectivity index (χ1) is 6.25. The fourth-order valence-electron chi connectivity index (χ4n) is 4.51. The van der Waals surface area contributed by atoms with Crippen molar-refractivity contribution >= 4 is 5.97 Å². The summed E-state index contributed by atoms with van der Waals surface area (Å²) in [6, 6.07) is 0. The predicted octanol–water partition coefficient (Wildman–Crippen LogP) is 2.29. The first-order valence-electron chi connectivity index (χ1n) is 5.48. The number of hydrogen-bond donors (Lipinski definition) is 1. The third kappa shape index (κ3) is 0.733. The van der Waals surface area contributed by atoms with E-state index >= 15 is 0 Å². The van der Waals surface area contributed by atoms with Crippen molar-refractivity contribution in [2.75, 3.05) is 0 Å². The lowest BCUT2D eigenvalue weighted by atomic mass is 9.68. The zero-order valence-corrected chi connectivity index (χ0v) is 7.83. The van der Waals surface area contributed by atoms with Crippen molar-refractivity contribution in [3.05, 3.63) is 0 Å². The molecular formula is C11H16O2. The Hall–Kier alpha value is -0.530. The molecule has 72 valence electrons. The van der Waals surface area contributed by atoms with Crippen molar-refractivity contribution in [3.8, 4) is 0 Å². The molecule has 3 saturated carbocycles. The van der Waals surface area contributed by atoms with Crippen LogP contribution in [0.1, 0.15) is 38.5 Å². The minimum atomic E-state index is -0.484. The van der Waals surface area contributed by atoms with Gasteiger partial charge in [-0.3, -0.25) is 4.79 Å². The highest BCUT2D eigenvalue weighted by atomic mass is 16.4. The van der Waals surface area contributed by atoms with Gasteiger partial charge in [-0.25, -0.2) is 0 Å². The lowest BCUT2D eigenvalue weighted by Gasteiger charge is -2.35. The summed E-state index contributed by atoms with van der Waals surface area (Å²) < 4.78 is 0. The van der Waals surface area contributed by atoms with E-state index in [1.54, 1.807) is 0 Å². The maximum absolute atomic E-state index is 11.4. The summed E-state index contributed by atoms with van der Waals surface area (Å²) in [5.41, 5.74) is -0.261. The molecular weight excluding hydrogens is 164 g/mol. The molecule has 3 fully saturated rings. The van der Waals surface area contributed by atoms with Gasteiger partial charge in [0.15, 0.2) is 0 Å². The normalized spacial score (nSPS) is 52.5. The van der Waals surface area contributed by atoms with E-state index in [1.165, 1.54) is 25.7 Å². The molecule has 0 spiro atoms. The van der Waals surface area contributed by atoms with Crippen LogP contribution < -0.4 is 0 Å². The fourth-order valence-corrected chi connectivity index (χ4v) is 4.51. The summed E-state index contributed by atoms with van der Waals surface area (Å²) in [6.45, 7) is 0. The topological polar surface area (TPSA) is 37.3 Å². The minimum Gasteiger partial charge on any atom is -0.481 e. The van der Waals surface area contributed by atoms with Gasteiger partial charge in [-0.05, 0) is 49.9 Å². The minimum absolute atomic E-state index is 0.261. The molecule has 2 heteroatoms. The standard InChI is InChI=1S/C11H16O2/c12-10(13)11-5-1-2-9(11)7-3-4-8(11)6-7/h7-9H,1-6H2,(H,12,13)/t7-,8-,9-,11-/m0/s1.